The first-order chi connectivity index (χ1) is 6.24. The fourth-order valence-electron chi connectivity index (χ4n) is 1.20. The summed E-state index contributed by atoms with van der Waals surface area (Å²) in [4.78, 5) is 2.27. The number of likely N-dealkylation sites (N-methyl/N-ethyl adjacent to an activating group) is 1. The van der Waals surface area contributed by atoms with E-state index < -0.39 is 0 Å². The van der Waals surface area contributed by atoms with Gasteiger partial charge in [-0.3, -0.25) is 4.90 Å². The lowest BCUT2D eigenvalue weighted by molar-refractivity contribution is 0.289. The summed E-state index contributed by atoms with van der Waals surface area (Å²) in [6, 6.07) is 10.9. The van der Waals surface area contributed by atoms with E-state index in [1.54, 1.807) is 0 Å². The van der Waals surface area contributed by atoms with Crippen LogP contribution in [0.15, 0.2) is 43.0 Å². The van der Waals surface area contributed by atoms with Crippen molar-refractivity contribution in [3.8, 4) is 0 Å². The van der Waals surface area contributed by atoms with E-state index in [9.17, 15) is 0 Å². The maximum Gasteiger partial charge on any atom is 0.0247 e. The molecule has 0 bridgehead atoms. The van der Waals surface area contributed by atoms with E-state index in [4.69, 9.17) is 0 Å². The molecule has 0 amide bonds. The summed E-state index contributed by atoms with van der Waals surface area (Å²) in [5.41, 5.74) is 1.35. The van der Waals surface area contributed by atoms with Crippen molar-refractivity contribution in [3.63, 3.8) is 0 Å². The number of benzene rings is 1. The van der Waals surface area contributed by atoms with Gasteiger partial charge in [-0.05, 0) is 19.5 Å². The minimum absolute atomic E-state index is 0.431. The molecule has 0 aromatic heterocycles. The van der Waals surface area contributed by atoms with E-state index in [1.807, 2.05) is 12.1 Å². The minimum Gasteiger partial charge on any atom is -0.296 e. The van der Waals surface area contributed by atoms with Crippen molar-refractivity contribution in [3.05, 3.63) is 48.6 Å². The first kappa shape index (κ1) is 10.0. The highest BCUT2D eigenvalue weighted by atomic mass is 15.1. The standard InChI is InChI=1S/C12H17N/c1-4-11(2)13(3)10-12-8-6-5-7-9-12/h4-9,11H,1,10H2,2-3H3/t11-/m0/s1. The van der Waals surface area contributed by atoms with Gasteiger partial charge in [-0.2, -0.15) is 0 Å². The van der Waals surface area contributed by atoms with E-state index in [0.29, 0.717) is 6.04 Å². The van der Waals surface area contributed by atoms with Gasteiger partial charge < -0.3 is 0 Å². The highest BCUT2D eigenvalue weighted by Crippen LogP contribution is 2.05. The summed E-state index contributed by atoms with van der Waals surface area (Å²) in [5.74, 6) is 0. The maximum absolute atomic E-state index is 3.78. The lowest BCUT2D eigenvalue weighted by Gasteiger charge is -2.21. The van der Waals surface area contributed by atoms with Crippen LogP contribution in [-0.2, 0) is 6.54 Å². The van der Waals surface area contributed by atoms with Crippen molar-refractivity contribution in [1.82, 2.24) is 4.90 Å². The zero-order valence-corrected chi connectivity index (χ0v) is 8.40. The SMILES string of the molecule is C=C[C@H](C)N(C)Cc1ccccc1. The normalized spacial score (nSPS) is 12.8. The molecule has 1 aromatic rings. The average molecular weight is 175 g/mol. The van der Waals surface area contributed by atoms with Gasteiger partial charge in [-0.25, -0.2) is 0 Å². The van der Waals surface area contributed by atoms with Crippen molar-refractivity contribution in [2.45, 2.75) is 19.5 Å². The average Bonchev–Trinajstić information content (AvgIpc) is 2.18. The lowest BCUT2D eigenvalue weighted by Crippen LogP contribution is -2.26. The third kappa shape index (κ3) is 3.03. The molecule has 70 valence electrons. The van der Waals surface area contributed by atoms with E-state index in [1.165, 1.54) is 5.56 Å². The van der Waals surface area contributed by atoms with Crippen LogP contribution in [0.2, 0.25) is 0 Å². The zero-order valence-electron chi connectivity index (χ0n) is 8.40. The summed E-state index contributed by atoms with van der Waals surface area (Å²) < 4.78 is 0. The monoisotopic (exact) mass is 175 g/mol. The number of hydrogen-bond donors (Lipinski definition) is 0. The molecular formula is C12H17N. The Balaban J connectivity index is 2.54. The Bertz CT molecular complexity index is 253. The molecule has 1 atom stereocenters. The predicted octanol–water partition coefficient (Wildman–Crippen LogP) is 2.69. The molecule has 0 aliphatic rings. The molecule has 0 fully saturated rings. The molecule has 1 rings (SSSR count). The van der Waals surface area contributed by atoms with E-state index in [0.717, 1.165) is 6.54 Å². The molecule has 0 N–H and O–H groups in total. The van der Waals surface area contributed by atoms with Crippen LogP contribution in [0.5, 0.6) is 0 Å². The number of rotatable bonds is 4. The highest BCUT2D eigenvalue weighted by Gasteiger charge is 2.04. The largest absolute Gasteiger partial charge is 0.296 e. The van der Waals surface area contributed by atoms with Crippen LogP contribution >= 0.6 is 0 Å². The highest BCUT2D eigenvalue weighted by molar-refractivity contribution is 5.14. The predicted molar refractivity (Wildman–Crippen MR) is 57.6 cm³/mol. The van der Waals surface area contributed by atoms with Crippen molar-refractivity contribution in [2.24, 2.45) is 0 Å². The molecule has 0 aliphatic heterocycles. The van der Waals surface area contributed by atoms with E-state index in [2.05, 4.69) is 49.7 Å². The lowest BCUT2D eigenvalue weighted by atomic mass is 10.2. The summed E-state index contributed by atoms with van der Waals surface area (Å²) in [6.07, 6.45) is 1.96. The second-order valence-corrected chi connectivity index (χ2v) is 3.38. The third-order valence-electron chi connectivity index (χ3n) is 2.31. The molecule has 1 heteroatoms. The smallest absolute Gasteiger partial charge is 0.0247 e. The molecule has 0 aliphatic carbocycles. The van der Waals surface area contributed by atoms with Gasteiger partial charge in [0.25, 0.3) is 0 Å². The Labute approximate surface area is 80.7 Å². The minimum atomic E-state index is 0.431. The Morgan fingerprint density at radius 3 is 2.54 bits per heavy atom. The second kappa shape index (κ2) is 4.83. The first-order valence-corrected chi connectivity index (χ1v) is 4.60. The van der Waals surface area contributed by atoms with E-state index in [-0.39, 0.29) is 0 Å². The van der Waals surface area contributed by atoms with Gasteiger partial charge >= 0.3 is 0 Å². The third-order valence-corrected chi connectivity index (χ3v) is 2.31. The van der Waals surface area contributed by atoms with Crippen molar-refractivity contribution < 1.29 is 0 Å². The van der Waals surface area contributed by atoms with Crippen LogP contribution in [0.3, 0.4) is 0 Å². The van der Waals surface area contributed by atoms with Gasteiger partial charge in [0, 0.05) is 12.6 Å². The maximum atomic E-state index is 3.78. The summed E-state index contributed by atoms with van der Waals surface area (Å²) in [7, 11) is 2.11. The van der Waals surface area contributed by atoms with Crippen molar-refractivity contribution in [2.75, 3.05) is 7.05 Å². The molecule has 0 saturated carbocycles. The molecule has 0 radical (unpaired) electrons. The fraction of sp³-hybridized carbons (Fsp3) is 0.333. The van der Waals surface area contributed by atoms with Crippen LogP contribution in [-0.4, -0.2) is 18.0 Å². The van der Waals surface area contributed by atoms with Crippen LogP contribution in [0, 0.1) is 0 Å². The molecule has 13 heavy (non-hydrogen) atoms. The van der Waals surface area contributed by atoms with Crippen LogP contribution in [0.1, 0.15) is 12.5 Å². The van der Waals surface area contributed by atoms with Gasteiger partial charge in [0.2, 0.25) is 0 Å². The van der Waals surface area contributed by atoms with Gasteiger partial charge in [0.05, 0.1) is 0 Å². The fourth-order valence-corrected chi connectivity index (χ4v) is 1.20. The molecule has 1 nitrogen and oxygen atoms in total. The Kier molecular flexibility index (Phi) is 3.71. The molecule has 0 saturated heterocycles. The van der Waals surface area contributed by atoms with Gasteiger partial charge in [0.15, 0.2) is 0 Å². The Morgan fingerprint density at radius 2 is 2.00 bits per heavy atom. The van der Waals surface area contributed by atoms with E-state index >= 15 is 0 Å². The topological polar surface area (TPSA) is 3.24 Å². The van der Waals surface area contributed by atoms with Crippen LogP contribution in [0.25, 0.3) is 0 Å². The van der Waals surface area contributed by atoms with Gasteiger partial charge in [0.1, 0.15) is 0 Å². The first-order valence-electron chi connectivity index (χ1n) is 4.60. The number of hydrogen-bond acceptors (Lipinski definition) is 1. The van der Waals surface area contributed by atoms with Crippen molar-refractivity contribution in [1.29, 1.82) is 0 Å². The van der Waals surface area contributed by atoms with Crippen LogP contribution in [0.4, 0.5) is 0 Å². The number of nitrogens with zero attached hydrogens (tertiary/aromatic N) is 1. The summed E-state index contributed by atoms with van der Waals surface area (Å²) >= 11 is 0. The molecule has 0 spiro atoms. The summed E-state index contributed by atoms with van der Waals surface area (Å²) in [6.45, 7) is 6.91. The van der Waals surface area contributed by atoms with Crippen molar-refractivity contribution >= 4 is 0 Å². The Morgan fingerprint density at radius 1 is 1.38 bits per heavy atom. The molecular weight excluding hydrogens is 158 g/mol. The van der Waals surface area contributed by atoms with Crippen LogP contribution < -0.4 is 0 Å². The molecule has 0 unspecified atom stereocenters. The van der Waals surface area contributed by atoms with Gasteiger partial charge in [-0.1, -0.05) is 36.4 Å². The molecule has 1 aromatic carbocycles. The van der Waals surface area contributed by atoms with Gasteiger partial charge in [-0.15, -0.1) is 6.58 Å². The zero-order chi connectivity index (χ0) is 9.68. The summed E-state index contributed by atoms with van der Waals surface area (Å²) in [5, 5.41) is 0. The Hall–Kier alpha value is -1.08. The molecule has 0 heterocycles. The second-order valence-electron chi connectivity index (χ2n) is 3.38. The quantitative estimate of drug-likeness (QED) is 0.636.